The maximum atomic E-state index is 10.4. The van der Waals surface area contributed by atoms with Gasteiger partial charge in [0.1, 0.15) is 22.5 Å². The lowest BCUT2D eigenvalue weighted by Gasteiger charge is -2.13. The lowest BCUT2D eigenvalue weighted by Crippen LogP contribution is -2.11. The van der Waals surface area contributed by atoms with E-state index >= 15 is 0 Å². The Bertz CT molecular complexity index is 715. The van der Waals surface area contributed by atoms with Crippen molar-refractivity contribution >= 4 is 11.0 Å². The quantitative estimate of drug-likeness (QED) is 0.791. The number of aromatic hydroxyl groups is 1. The van der Waals surface area contributed by atoms with Gasteiger partial charge in [0.15, 0.2) is 0 Å². The summed E-state index contributed by atoms with van der Waals surface area (Å²) >= 11 is 0. The Hall–Kier alpha value is -2.40. The highest BCUT2D eigenvalue weighted by molar-refractivity contribution is 5.73. The Morgan fingerprint density at radius 1 is 1.00 bits per heavy atom. The molecule has 5 nitrogen and oxygen atoms in total. The summed E-state index contributed by atoms with van der Waals surface area (Å²) in [6, 6.07) is 13.3. The van der Waals surface area contributed by atoms with Crippen molar-refractivity contribution in [2.24, 2.45) is 0 Å². The minimum atomic E-state index is 0.224. The van der Waals surface area contributed by atoms with Gasteiger partial charge in [0.25, 0.3) is 0 Å². The van der Waals surface area contributed by atoms with Crippen LogP contribution >= 0.6 is 0 Å². The van der Waals surface area contributed by atoms with Crippen molar-refractivity contribution < 1.29 is 5.11 Å². The van der Waals surface area contributed by atoms with Crippen molar-refractivity contribution in [1.29, 1.82) is 0 Å². The number of hydrogen-bond acceptors (Lipinski definition) is 4. The van der Waals surface area contributed by atoms with Crippen LogP contribution in [0.4, 0.5) is 0 Å². The van der Waals surface area contributed by atoms with Gasteiger partial charge >= 0.3 is 0 Å². The molecule has 0 saturated heterocycles. The van der Waals surface area contributed by atoms with Crippen LogP contribution in [-0.4, -0.2) is 39.1 Å². The number of aromatic nitrogens is 3. The number of benzene rings is 2. The van der Waals surface area contributed by atoms with E-state index in [1.165, 1.54) is 4.80 Å². The minimum Gasteiger partial charge on any atom is -0.505 e. The standard InChI is InChI=1S/C15H16N4O/c1-18(2)10-11-6-5-9-14(15(11)20)19-16-12-7-3-4-8-13(12)17-19/h3-9,20H,10H2,1-2H3. The zero-order valence-corrected chi connectivity index (χ0v) is 11.5. The topological polar surface area (TPSA) is 54.2 Å². The van der Waals surface area contributed by atoms with Crippen molar-refractivity contribution in [3.63, 3.8) is 0 Å². The van der Waals surface area contributed by atoms with E-state index in [0.717, 1.165) is 16.6 Å². The Morgan fingerprint density at radius 2 is 1.65 bits per heavy atom. The molecule has 0 spiro atoms. The van der Waals surface area contributed by atoms with Gasteiger partial charge in [-0.15, -0.1) is 15.0 Å². The summed E-state index contributed by atoms with van der Waals surface area (Å²) in [6.07, 6.45) is 0. The first kappa shape index (κ1) is 12.6. The fourth-order valence-corrected chi connectivity index (χ4v) is 2.17. The molecule has 0 unspecified atom stereocenters. The fraction of sp³-hybridized carbons (Fsp3) is 0.200. The third-order valence-corrected chi connectivity index (χ3v) is 3.09. The summed E-state index contributed by atoms with van der Waals surface area (Å²) in [4.78, 5) is 3.49. The largest absolute Gasteiger partial charge is 0.505 e. The van der Waals surface area contributed by atoms with E-state index < -0.39 is 0 Å². The summed E-state index contributed by atoms with van der Waals surface area (Å²) in [7, 11) is 3.93. The van der Waals surface area contributed by atoms with Gasteiger partial charge in [0.05, 0.1) is 0 Å². The fourth-order valence-electron chi connectivity index (χ4n) is 2.17. The predicted molar refractivity (Wildman–Crippen MR) is 77.9 cm³/mol. The van der Waals surface area contributed by atoms with Crippen LogP contribution in [-0.2, 0) is 6.54 Å². The molecule has 3 rings (SSSR count). The van der Waals surface area contributed by atoms with Crippen LogP contribution in [0.5, 0.6) is 5.75 Å². The van der Waals surface area contributed by atoms with E-state index in [9.17, 15) is 5.11 Å². The molecule has 0 aliphatic carbocycles. The Morgan fingerprint density at radius 3 is 2.25 bits per heavy atom. The van der Waals surface area contributed by atoms with Gasteiger partial charge < -0.3 is 10.0 Å². The third kappa shape index (κ3) is 2.23. The molecule has 20 heavy (non-hydrogen) atoms. The molecule has 0 saturated carbocycles. The molecular weight excluding hydrogens is 252 g/mol. The molecule has 1 aromatic heterocycles. The molecule has 0 bridgehead atoms. The number of hydrogen-bond donors (Lipinski definition) is 1. The van der Waals surface area contributed by atoms with Gasteiger partial charge in [-0.1, -0.05) is 24.3 Å². The first-order valence-electron chi connectivity index (χ1n) is 6.43. The second-order valence-electron chi connectivity index (χ2n) is 5.00. The van der Waals surface area contributed by atoms with E-state index in [0.29, 0.717) is 12.2 Å². The first-order chi connectivity index (χ1) is 9.65. The van der Waals surface area contributed by atoms with Crippen LogP contribution < -0.4 is 0 Å². The monoisotopic (exact) mass is 268 g/mol. The summed E-state index contributed by atoms with van der Waals surface area (Å²) in [5.74, 6) is 0.224. The molecule has 1 N–H and O–H groups in total. The Labute approximate surface area is 117 Å². The predicted octanol–water partition coefficient (Wildman–Crippen LogP) is 2.19. The Kier molecular flexibility index (Phi) is 3.12. The maximum absolute atomic E-state index is 10.4. The zero-order valence-electron chi connectivity index (χ0n) is 11.5. The summed E-state index contributed by atoms with van der Waals surface area (Å²) in [5.41, 5.74) is 3.07. The molecule has 0 radical (unpaired) electrons. The van der Waals surface area contributed by atoms with Crippen molar-refractivity contribution in [3.05, 3.63) is 48.0 Å². The summed E-state index contributed by atoms with van der Waals surface area (Å²) in [5, 5.41) is 19.2. The molecule has 0 aliphatic rings. The molecule has 102 valence electrons. The highest BCUT2D eigenvalue weighted by Crippen LogP contribution is 2.26. The average molecular weight is 268 g/mol. The molecule has 5 heteroatoms. The van der Waals surface area contributed by atoms with Crippen molar-refractivity contribution in [2.45, 2.75) is 6.54 Å². The molecule has 3 aromatic rings. The van der Waals surface area contributed by atoms with E-state index in [1.54, 1.807) is 0 Å². The average Bonchev–Trinajstić information content (AvgIpc) is 2.84. The highest BCUT2D eigenvalue weighted by atomic mass is 16.3. The maximum Gasteiger partial charge on any atom is 0.147 e. The molecule has 0 aliphatic heterocycles. The minimum absolute atomic E-state index is 0.224. The SMILES string of the molecule is CN(C)Cc1cccc(-n2nc3ccccc3n2)c1O. The number of fused-ring (bicyclic) bond motifs is 1. The third-order valence-electron chi connectivity index (χ3n) is 3.09. The van der Waals surface area contributed by atoms with Gasteiger partial charge in [-0.3, -0.25) is 0 Å². The van der Waals surface area contributed by atoms with Gasteiger partial charge in [-0.25, -0.2) is 0 Å². The number of phenolic OH excluding ortho intramolecular Hbond substituents is 1. The second-order valence-corrected chi connectivity index (χ2v) is 5.00. The van der Waals surface area contributed by atoms with Crippen LogP contribution in [0.25, 0.3) is 16.7 Å². The van der Waals surface area contributed by atoms with Gasteiger partial charge in [-0.2, -0.15) is 0 Å². The molecule has 0 amide bonds. The van der Waals surface area contributed by atoms with Crippen LogP contribution in [0.2, 0.25) is 0 Å². The van der Waals surface area contributed by atoms with Crippen LogP contribution in [0, 0.1) is 0 Å². The molecule has 2 aromatic carbocycles. The lowest BCUT2D eigenvalue weighted by atomic mass is 10.1. The number of para-hydroxylation sites is 1. The lowest BCUT2D eigenvalue weighted by molar-refractivity contribution is 0.384. The molecule has 0 atom stereocenters. The zero-order chi connectivity index (χ0) is 14.1. The van der Waals surface area contributed by atoms with E-state index in [2.05, 4.69) is 10.2 Å². The van der Waals surface area contributed by atoms with E-state index in [1.807, 2.05) is 61.5 Å². The van der Waals surface area contributed by atoms with Gasteiger partial charge in [0, 0.05) is 12.1 Å². The van der Waals surface area contributed by atoms with Gasteiger partial charge in [0.2, 0.25) is 0 Å². The Balaban J connectivity index is 2.09. The van der Waals surface area contributed by atoms with Crippen molar-refractivity contribution in [1.82, 2.24) is 19.9 Å². The van der Waals surface area contributed by atoms with Crippen molar-refractivity contribution in [3.8, 4) is 11.4 Å². The summed E-state index contributed by atoms with van der Waals surface area (Å²) in [6.45, 7) is 0.667. The summed E-state index contributed by atoms with van der Waals surface area (Å²) < 4.78 is 0. The highest BCUT2D eigenvalue weighted by Gasteiger charge is 2.12. The van der Waals surface area contributed by atoms with E-state index in [-0.39, 0.29) is 5.75 Å². The van der Waals surface area contributed by atoms with Gasteiger partial charge in [-0.05, 0) is 32.3 Å². The number of phenols is 1. The van der Waals surface area contributed by atoms with E-state index in [4.69, 9.17) is 0 Å². The van der Waals surface area contributed by atoms with Crippen LogP contribution in [0.1, 0.15) is 5.56 Å². The molecule has 0 fully saturated rings. The smallest absolute Gasteiger partial charge is 0.147 e. The number of nitrogens with zero attached hydrogens (tertiary/aromatic N) is 4. The van der Waals surface area contributed by atoms with Crippen LogP contribution in [0.15, 0.2) is 42.5 Å². The second kappa shape index (κ2) is 4.94. The van der Waals surface area contributed by atoms with Crippen LogP contribution in [0.3, 0.4) is 0 Å². The molecule has 1 heterocycles. The first-order valence-corrected chi connectivity index (χ1v) is 6.43. The molecular formula is C15H16N4O. The van der Waals surface area contributed by atoms with Crippen molar-refractivity contribution in [2.75, 3.05) is 14.1 Å². The normalized spacial score (nSPS) is 11.3. The number of rotatable bonds is 3.